The third kappa shape index (κ3) is 2.40. The van der Waals surface area contributed by atoms with Gasteiger partial charge < -0.3 is 29.2 Å². The molecule has 0 saturated carbocycles. The van der Waals surface area contributed by atoms with Gasteiger partial charge in [-0.2, -0.15) is 0 Å². The zero-order valence-electron chi connectivity index (χ0n) is 15.1. The van der Waals surface area contributed by atoms with Crippen LogP contribution in [0, 0.1) is 0 Å². The summed E-state index contributed by atoms with van der Waals surface area (Å²) in [5.41, 5.74) is 3.37. The molecule has 6 nitrogen and oxygen atoms in total. The summed E-state index contributed by atoms with van der Waals surface area (Å²) < 4.78 is 23.1. The Morgan fingerprint density at radius 3 is 2.59 bits per heavy atom. The number of benzene rings is 2. The van der Waals surface area contributed by atoms with Gasteiger partial charge in [0, 0.05) is 23.3 Å². The molecule has 3 aliphatic rings. The van der Waals surface area contributed by atoms with Crippen molar-refractivity contribution in [2.24, 2.45) is 0 Å². The summed E-state index contributed by atoms with van der Waals surface area (Å²) in [6.45, 7) is 4.61. The van der Waals surface area contributed by atoms with Gasteiger partial charge in [-0.15, -0.1) is 0 Å². The van der Waals surface area contributed by atoms with Gasteiger partial charge in [0.15, 0.2) is 11.5 Å². The van der Waals surface area contributed by atoms with E-state index in [1.807, 2.05) is 32.1 Å². The molecule has 2 atom stereocenters. The first-order chi connectivity index (χ1) is 13.0. The van der Waals surface area contributed by atoms with Crippen molar-refractivity contribution < 1.29 is 29.2 Å². The van der Waals surface area contributed by atoms with E-state index in [1.165, 1.54) is 6.07 Å². The van der Waals surface area contributed by atoms with Gasteiger partial charge in [0.1, 0.15) is 29.1 Å². The normalized spacial score (nSPS) is 20.8. The van der Waals surface area contributed by atoms with E-state index < -0.39 is 0 Å². The number of hydrogen-bond donors (Lipinski definition) is 2. The van der Waals surface area contributed by atoms with Gasteiger partial charge in [0.2, 0.25) is 6.79 Å². The van der Waals surface area contributed by atoms with Crippen molar-refractivity contribution in [2.45, 2.75) is 32.3 Å². The molecule has 0 radical (unpaired) electrons. The molecule has 27 heavy (non-hydrogen) atoms. The maximum absolute atomic E-state index is 10.5. The van der Waals surface area contributed by atoms with Crippen LogP contribution < -0.4 is 18.9 Å². The van der Waals surface area contributed by atoms with Gasteiger partial charge in [-0.3, -0.25) is 0 Å². The van der Waals surface area contributed by atoms with Crippen molar-refractivity contribution in [3.8, 4) is 34.5 Å². The summed E-state index contributed by atoms with van der Waals surface area (Å²) >= 11 is 0. The van der Waals surface area contributed by atoms with Crippen LogP contribution in [-0.2, 0) is 6.42 Å². The molecule has 5 rings (SSSR count). The summed E-state index contributed by atoms with van der Waals surface area (Å²) in [4.78, 5) is 0. The van der Waals surface area contributed by atoms with Gasteiger partial charge in [-0.1, -0.05) is 11.6 Å². The monoisotopic (exact) mass is 368 g/mol. The molecule has 0 spiro atoms. The summed E-state index contributed by atoms with van der Waals surface area (Å²) in [6, 6.07) is 5.13. The molecule has 3 heterocycles. The molecule has 0 amide bonds. The molecule has 0 unspecified atom stereocenters. The Bertz CT molecular complexity index is 973. The Hall–Kier alpha value is -3.02. The Morgan fingerprint density at radius 2 is 1.81 bits per heavy atom. The topological polar surface area (TPSA) is 77.4 Å². The highest BCUT2D eigenvalue weighted by atomic mass is 16.7. The van der Waals surface area contributed by atoms with Crippen LogP contribution in [-0.4, -0.2) is 23.6 Å². The molecule has 0 fully saturated rings. The molecule has 2 N–H and O–H groups in total. The van der Waals surface area contributed by atoms with E-state index in [0.717, 1.165) is 11.1 Å². The molecule has 2 aromatic rings. The fourth-order valence-corrected chi connectivity index (χ4v) is 3.96. The Balaban J connectivity index is 1.59. The van der Waals surface area contributed by atoms with Crippen molar-refractivity contribution in [2.75, 3.05) is 13.4 Å². The van der Waals surface area contributed by atoms with Gasteiger partial charge in [-0.05, 0) is 26.3 Å². The Labute approximate surface area is 156 Å². The lowest BCUT2D eigenvalue weighted by molar-refractivity contribution is 0.134. The predicted octanol–water partition coefficient (Wildman–Crippen LogP) is 3.94. The molecule has 140 valence electrons. The molecule has 3 aliphatic heterocycles. The highest BCUT2D eigenvalue weighted by Crippen LogP contribution is 2.57. The third-order valence-electron chi connectivity index (χ3n) is 5.31. The van der Waals surface area contributed by atoms with Crippen LogP contribution in [0.25, 0.3) is 0 Å². The minimum Gasteiger partial charge on any atom is -0.507 e. The fourth-order valence-electron chi connectivity index (χ4n) is 3.96. The number of aromatic hydroxyl groups is 2. The largest absolute Gasteiger partial charge is 0.507 e. The van der Waals surface area contributed by atoms with Crippen molar-refractivity contribution in [1.82, 2.24) is 0 Å². The molecule has 0 aromatic heterocycles. The second-order valence-electron chi connectivity index (χ2n) is 7.32. The van der Waals surface area contributed by atoms with Gasteiger partial charge in [0.25, 0.3) is 0 Å². The maximum Gasteiger partial charge on any atom is 0.231 e. The molecular formula is C21H20O6. The number of phenols is 2. The minimum absolute atomic E-state index is 0.0222. The van der Waals surface area contributed by atoms with Crippen molar-refractivity contribution >= 4 is 0 Å². The lowest BCUT2D eigenvalue weighted by atomic mass is 9.87. The van der Waals surface area contributed by atoms with Crippen LogP contribution in [0.15, 0.2) is 29.8 Å². The van der Waals surface area contributed by atoms with E-state index in [4.69, 9.17) is 18.9 Å². The first-order valence-electron chi connectivity index (χ1n) is 8.97. The van der Waals surface area contributed by atoms with E-state index in [9.17, 15) is 10.2 Å². The van der Waals surface area contributed by atoms with Gasteiger partial charge in [0.05, 0.1) is 18.1 Å². The van der Waals surface area contributed by atoms with Crippen molar-refractivity contribution in [3.05, 3.63) is 46.5 Å². The Kier molecular flexibility index (Phi) is 3.44. The summed E-state index contributed by atoms with van der Waals surface area (Å²) in [5, 5.41) is 20.9. The average Bonchev–Trinajstić information content (AvgIpc) is 3.21. The maximum atomic E-state index is 10.5. The molecule has 0 saturated heterocycles. The smallest absolute Gasteiger partial charge is 0.231 e. The molecule has 0 aliphatic carbocycles. The number of ether oxygens (including phenoxy) is 4. The van der Waals surface area contributed by atoms with E-state index in [0.29, 0.717) is 47.2 Å². The van der Waals surface area contributed by atoms with E-state index in [-0.39, 0.29) is 30.3 Å². The fraction of sp³-hybridized carbons (Fsp3) is 0.333. The van der Waals surface area contributed by atoms with Gasteiger partial charge in [-0.25, -0.2) is 0 Å². The zero-order chi connectivity index (χ0) is 18.7. The highest BCUT2D eigenvalue weighted by Gasteiger charge is 2.44. The predicted molar refractivity (Wildman–Crippen MR) is 97.1 cm³/mol. The van der Waals surface area contributed by atoms with E-state index in [2.05, 4.69) is 0 Å². The quantitative estimate of drug-likeness (QED) is 0.782. The summed E-state index contributed by atoms with van der Waals surface area (Å²) in [5.74, 6) is 2.53. The number of rotatable bonds is 2. The molecule has 2 aromatic carbocycles. The first kappa shape index (κ1) is 16.2. The third-order valence-corrected chi connectivity index (χ3v) is 5.31. The lowest BCUT2D eigenvalue weighted by Crippen LogP contribution is -2.24. The number of hydrogen-bond acceptors (Lipinski definition) is 6. The number of fused-ring (bicyclic) bond motifs is 6. The summed E-state index contributed by atoms with van der Waals surface area (Å²) in [7, 11) is 0. The van der Waals surface area contributed by atoms with Crippen LogP contribution in [0.2, 0.25) is 0 Å². The van der Waals surface area contributed by atoms with E-state index >= 15 is 0 Å². The lowest BCUT2D eigenvalue weighted by Gasteiger charge is -2.30. The van der Waals surface area contributed by atoms with Crippen LogP contribution >= 0.6 is 0 Å². The van der Waals surface area contributed by atoms with E-state index in [1.54, 1.807) is 0 Å². The summed E-state index contributed by atoms with van der Waals surface area (Å²) in [6.07, 6.45) is 2.17. The number of phenolic OH excluding ortho intramolecular Hbond substituents is 2. The Morgan fingerprint density at radius 1 is 1.04 bits per heavy atom. The van der Waals surface area contributed by atoms with Crippen molar-refractivity contribution in [3.63, 3.8) is 0 Å². The zero-order valence-corrected chi connectivity index (χ0v) is 15.1. The van der Waals surface area contributed by atoms with Crippen LogP contribution in [0.5, 0.6) is 34.5 Å². The average molecular weight is 368 g/mol. The van der Waals surface area contributed by atoms with Crippen LogP contribution in [0.4, 0.5) is 0 Å². The highest BCUT2D eigenvalue weighted by molar-refractivity contribution is 5.63. The number of allylic oxidation sites excluding steroid dienone is 2. The molecule has 0 bridgehead atoms. The molecular weight excluding hydrogens is 348 g/mol. The first-order valence-corrected chi connectivity index (χ1v) is 8.97. The SMILES string of the molecule is CC(C)=CCc1c(O)cc(O)c2c1OC[C@H]1c3cc4c(cc3O[C@@H]21)OCO4. The molecule has 6 heteroatoms. The van der Waals surface area contributed by atoms with Crippen LogP contribution in [0.3, 0.4) is 0 Å². The second-order valence-corrected chi connectivity index (χ2v) is 7.32. The van der Waals surface area contributed by atoms with Gasteiger partial charge >= 0.3 is 0 Å². The van der Waals surface area contributed by atoms with Crippen molar-refractivity contribution in [1.29, 1.82) is 0 Å². The standard InChI is InChI=1S/C21H20O6/c1-10(2)3-4-11-14(22)6-15(23)19-20(11)24-8-13-12-5-17-18(26-9-25-17)7-16(12)27-21(13)19/h3,5-7,13,21-23H,4,8-9H2,1-2H3/t13-,21+/m0/s1. The second kappa shape index (κ2) is 5.74. The minimum atomic E-state index is -0.377. The van der Waals surface area contributed by atoms with Crippen LogP contribution in [0.1, 0.15) is 42.6 Å².